The third-order valence-corrected chi connectivity index (χ3v) is 5.95. The first-order valence-corrected chi connectivity index (χ1v) is 9.68. The number of aliphatic hydroxyl groups is 1. The van der Waals surface area contributed by atoms with Gasteiger partial charge in [0.15, 0.2) is 0 Å². The van der Waals surface area contributed by atoms with Crippen LogP contribution < -0.4 is 11.5 Å². The molecule has 148 valence electrons. The quantitative estimate of drug-likeness (QED) is 0.753. The molecule has 2 aromatic rings. The standard InChI is InChI=1S/C21H26N4O3/c1-11-3-4-16(26)12(2)18(11)25-19(22)17(20(23)27)15-9-14(10-24-21(15)25)13-5-7-28-8-6-13/h4,9-11,13,26H,3,5-8,22H2,1-2H3,(H2,23,27)/t11-/m1/s1. The van der Waals surface area contributed by atoms with Crippen LogP contribution in [0.5, 0.6) is 0 Å². The van der Waals surface area contributed by atoms with Gasteiger partial charge in [-0.1, -0.05) is 6.92 Å². The van der Waals surface area contributed by atoms with Crippen LogP contribution in [-0.4, -0.2) is 33.8 Å². The van der Waals surface area contributed by atoms with E-state index in [0.29, 0.717) is 23.4 Å². The first-order chi connectivity index (χ1) is 13.4. The number of allylic oxidation sites excluding steroid dienone is 3. The Bertz CT molecular complexity index is 1010. The summed E-state index contributed by atoms with van der Waals surface area (Å²) in [4.78, 5) is 16.9. The van der Waals surface area contributed by atoms with Crippen molar-refractivity contribution < 1.29 is 14.6 Å². The van der Waals surface area contributed by atoms with Gasteiger partial charge in [-0.15, -0.1) is 0 Å². The van der Waals surface area contributed by atoms with Crippen molar-refractivity contribution >= 4 is 28.5 Å². The van der Waals surface area contributed by atoms with Gasteiger partial charge < -0.3 is 21.3 Å². The lowest BCUT2D eigenvalue weighted by molar-refractivity contribution is 0.0853. The highest BCUT2D eigenvalue weighted by Gasteiger charge is 2.28. The van der Waals surface area contributed by atoms with Gasteiger partial charge in [0.05, 0.1) is 5.56 Å². The molecule has 0 spiro atoms. The third kappa shape index (κ3) is 2.86. The molecule has 0 radical (unpaired) electrons. The van der Waals surface area contributed by atoms with Crippen molar-refractivity contribution in [2.75, 3.05) is 18.9 Å². The van der Waals surface area contributed by atoms with Crippen molar-refractivity contribution in [3.8, 4) is 0 Å². The number of nitrogens with zero attached hydrogens (tertiary/aromatic N) is 2. The average molecular weight is 382 g/mol. The Hall–Kier alpha value is -2.80. The normalized spacial score (nSPS) is 21.2. The lowest BCUT2D eigenvalue weighted by Gasteiger charge is -2.25. The molecular weight excluding hydrogens is 356 g/mol. The summed E-state index contributed by atoms with van der Waals surface area (Å²) in [5.74, 6) is 0.390. The number of anilines is 1. The van der Waals surface area contributed by atoms with E-state index in [2.05, 4.69) is 11.9 Å². The highest BCUT2D eigenvalue weighted by molar-refractivity contribution is 6.11. The number of rotatable bonds is 3. The first kappa shape index (κ1) is 18.6. The molecule has 0 bridgehead atoms. The van der Waals surface area contributed by atoms with E-state index in [9.17, 15) is 9.90 Å². The fourth-order valence-corrected chi connectivity index (χ4v) is 4.40. The maximum atomic E-state index is 12.3. The van der Waals surface area contributed by atoms with E-state index >= 15 is 0 Å². The largest absolute Gasteiger partial charge is 0.508 e. The van der Waals surface area contributed by atoms with Gasteiger partial charge in [0.25, 0.3) is 5.91 Å². The molecule has 2 aliphatic rings. The van der Waals surface area contributed by atoms with Crippen molar-refractivity contribution in [1.82, 2.24) is 9.55 Å². The minimum absolute atomic E-state index is 0.117. The number of aromatic nitrogens is 2. The second-order valence-corrected chi connectivity index (χ2v) is 7.72. The number of carbonyl (C=O) groups is 1. The van der Waals surface area contributed by atoms with Gasteiger partial charge >= 0.3 is 0 Å². The van der Waals surface area contributed by atoms with Gasteiger partial charge in [0, 0.05) is 42.0 Å². The predicted octanol–water partition coefficient (Wildman–Crippen LogP) is 3.32. The van der Waals surface area contributed by atoms with Crippen molar-refractivity contribution in [2.24, 2.45) is 11.7 Å². The molecule has 0 saturated carbocycles. The van der Waals surface area contributed by atoms with E-state index in [1.807, 2.05) is 19.2 Å². The van der Waals surface area contributed by atoms with Crippen molar-refractivity contribution in [3.05, 3.63) is 40.8 Å². The molecule has 0 unspecified atom stereocenters. The Labute approximate surface area is 163 Å². The Morgan fingerprint density at radius 2 is 2.07 bits per heavy atom. The summed E-state index contributed by atoms with van der Waals surface area (Å²) < 4.78 is 7.24. The van der Waals surface area contributed by atoms with Crippen LogP contribution in [-0.2, 0) is 4.74 Å². The Morgan fingerprint density at radius 3 is 2.75 bits per heavy atom. The SMILES string of the molecule is CC1=C(n2c(N)c(C(N)=O)c3cc(C4CCOCC4)cnc32)[C@H](C)CC=C1O. The van der Waals surface area contributed by atoms with E-state index in [1.165, 1.54) is 0 Å². The van der Waals surface area contributed by atoms with Crippen LogP contribution in [0.1, 0.15) is 54.9 Å². The van der Waals surface area contributed by atoms with Crippen LogP contribution in [0.3, 0.4) is 0 Å². The van der Waals surface area contributed by atoms with Crippen LogP contribution in [0, 0.1) is 5.92 Å². The molecule has 2 aromatic heterocycles. The summed E-state index contributed by atoms with van der Waals surface area (Å²) in [6.07, 6.45) is 6.20. The number of pyridine rings is 1. The lowest BCUT2D eigenvalue weighted by atomic mass is 9.92. The second kappa shape index (κ2) is 6.98. The summed E-state index contributed by atoms with van der Waals surface area (Å²) in [5, 5.41) is 10.9. The van der Waals surface area contributed by atoms with E-state index in [1.54, 1.807) is 10.6 Å². The Morgan fingerprint density at radius 1 is 1.36 bits per heavy atom. The number of nitrogens with two attached hydrogens (primary N) is 2. The van der Waals surface area contributed by atoms with Gasteiger partial charge in [-0.2, -0.15) is 0 Å². The molecule has 3 heterocycles. The van der Waals surface area contributed by atoms with Crippen LogP contribution in [0.2, 0.25) is 0 Å². The van der Waals surface area contributed by atoms with Crippen molar-refractivity contribution in [2.45, 2.75) is 39.0 Å². The molecule has 1 aliphatic carbocycles. The molecule has 28 heavy (non-hydrogen) atoms. The fraction of sp³-hybridized carbons (Fsp3) is 0.429. The number of ether oxygens (including phenoxy) is 1. The monoisotopic (exact) mass is 382 g/mol. The van der Waals surface area contributed by atoms with Crippen LogP contribution in [0.25, 0.3) is 16.7 Å². The number of nitrogen functional groups attached to an aromatic ring is 1. The number of hydrogen-bond acceptors (Lipinski definition) is 5. The van der Waals surface area contributed by atoms with E-state index in [0.717, 1.165) is 42.9 Å². The zero-order valence-electron chi connectivity index (χ0n) is 16.2. The molecule has 1 amide bonds. The second-order valence-electron chi connectivity index (χ2n) is 7.72. The molecule has 1 fully saturated rings. The average Bonchev–Trinajstić information content (AvgIpc) is 2.97. The molecule has 1 atom stereocenters. The summed E-state index contributed by atoms with van der Waals surface area (Å²) in [6.45, 7) is 5.36. The van der Waals surface area contributed by atoms with E-state index in [4.69, 9.17) is 16.2 Å². The fourth-order valence-electron chi connectivity index (χ4n) is 4.40. The zero-order chi connectivity index (χ0) is 20.0. The van der Waals surface area contributed by atoms with Crippen molar-refractivity contribution in [3.63, 3.8) is 0 Å². The molecule has 0 aromatic carbocycles. The maximum absolute atomic E-state index is 12.3. The lowest BCUT2D eigenvalue weighted by Crippen LogP contribution is -2.17. The first-order valence-electron chi connectivity index (χ1n) is 9.68. The highest BCUT2D eigenvalue weighted by Crippen LogP contribution is 2.39. The van der Waals surface area contributed by atoms with Gasteiger partial charge in [-0.05, 0) is 49.8 Å². The van der Waals surface area contributed by atoms with Crippen LogP contribution in [0.15, 0.2) is 29.7 Å². The topological polar surface area (TPSA) is 116 Å². The number of amides is 1. The Kier molecular flexibility index (Phi) is 4.63. The van der Waals surface area contributed by atoms with Crippen LogP contribution in [0.4, 0.5) is 5.82 Å². The number of primary amides is 1. The minimum Gasteiger partial charge on any atom is -0.508 e. The minimum atomic E-state index is -0.575. The van der Waals surface area contributed by atoms with Gasteiger partial charge in [0.2, 0.25) is 0 Å². The zero-order valence-corrected chi connectivity index (χ0v) is 16.2. The summed E-state index contributed by atoms with van der Waals surface area (Å²) in [5.41, 5.74) is 15.6. The number of carbonyl (C=O) groups excluding carboxylic acids is 1. The molecule has 7 nitrogen and oxygen atoms in total. The van der Waals surface area contributed by atoms with Crippen LogP contribution >= 0.6 is 0 Å². The summed E-state index contributed by atoms with van der Waals surface area (Å²) in [6, 6.07) is 1.99. The molecule has 1 saturated heterocycles. The number of aliphatic hydroxyl groups excluding tert-OH is 1. The number of hydrogen-bond donors (Lipinski definition) is 3. The smallest absolute Gasteiger partial charge is 0.253 e. The molecule has 7 heteroatoms. The molecule has 5 N–H and O–H groups in total. The highest BCUT2D eigenvalue weighted by atomic mass is 16.5. The molecule has 1 aliphatic heterocycles. The molecule has 4 rings (SSSR count). The summed E-state index contributed by atoms with van der Waals surface area (Å²) >= 11 is 0. The van der Waals surface area contributed by atoms with E-state index in [-0.39, 0.29) is 23.1 Å². The van der Waals surface area contributed by atoms with Gasteiger partial charge in [-0.25, -0.2) is 4.98 Å². The number of fused-ring (bicyclic) bond motifs is 1. The van der Waals surface area contributed by atoms with Gasteiger partial charge in [-0.3, -0.25) is 9.36 Å². The predicted molar refractivity (Wildman–Crippen MR) is 109 cm³/mol. The maximum Gasteiger partial charge on any atom is 0.253 e. The molecular formula is C21H26N4O3. The van der Waals surface area contributed by atoms with Crippen molar-refractivity contribution in [1.29, 1.82) is 0 Å². The Balaban J connectivity index is 1.95. The van der Waals surface area contributed by atoms with E-state index < -0.39 is 5.91 Å². The van der Waals surface area contributed by atoms with Gasteiger partial charge in [0.1, 0.15) is 17.2 Å². The third-order valence-electron chi connectivity index (χ3n) is 5.95. The summed E-state index contributed by atoms with van der Waals surface area (Å²) in [7, 11) is 0.